The lowest BCUT2D eigenvalue weighted by atomic mass is 10.0. The number of aryl methyl sites for hydroxylation is 1. The highest BCUT2D eigenvalue weighted by molar-refractivity contribution is 5.95. The third-order valence-electron chi connectivity index (χ3n) is 6.80. The van der Waals surface area contributed by atoms with E-state index in [1.807, 2.05) is 67.6 Å². The predicted molar refractivity (Wildman–Crippen MR) is 156 cm³/mol. The lowest BCUT2D eigenvalue weighted by molar-refractivity contribution is -0.121. The third kappa shape index (κ3) is 5.80. The number of nitrogens with one attached hydrogen (secondary N) is 2. The number of fused-ring (bicyclic) bond motifs is 1. The Morgan fingerprint density at radius 2 is 1.51 bits per heavy atom. The first-order valence-electron chi connectivity index (χ1n) is 12.9. The standard InChI is InChI=1S/C33H30N4O2/c1-23-20-28(24(2)37(23)31-19-11-17-25-12-9-10-18-29(25)31)22-34-36-32(38)21-30(26-13-5-3-6-14-26)35-33(39)27-15-7-4-8-16-27/h3-20,22,30H,21H2,1-2H3,(H,35,39)(H,36,38)/b34-22-/t30-/m0/s1. The molecule has 1 heterocycles. The lowest BCUT2D eigenvalue weighted by Crippen LogP contribution is -2.32. The summed E-state index contributed by atoms with van der Waals surface area (Å²) in [6, 6.07) is 34.6. The molecule has 5 aromatic rings. The second-order valence-electron chi connectivity index (χ2n) is 9.46. The first-order chi connectivity index (χ1) is 19.0. The molecule has 1 atom stereocenters. The fourth-order valence-electron chi connectivity index (χ4n) is 4.87. The molecule has 1 aromatic heterocycles. The number of rotatable bonds is 8. The summed E-state index contributed by atoms with van der Waals surface area (Å²) in [7, 11) is 0. The fraction of sp³-hybridized carbons (Fsp3) is 0.121. The van der Waals surface area contributed by atoms with Crippen LogP contribution in [0.3, 0.4) is 0 Å². The first kappa shape index (κ1) is 25.7. The number of hydrogen-bond acceptors (Lipinski definition) is 3. The molecule has 5 rings (SSSR count). The summed E-state index contributed by atoms with van der Waals surface area (Å²) in [5, 5.41) is 9.58. The highest BCUT2D eigenvalue weighted by atomic mass is 16.2. The van der Waals surface area contributed by atoms with Crippen LogP contribution in [0.15, 0.2) is 114 Å². The van der Waals surface area contributed by atoms with Gasteiger partial charge in [0.05, 0.1) is 24.4 Å². The van der Waals surface area contributed by atoms with Gasteiger partial charge in [-0.2, -0.15) is 5.10 Å². The molecular weight excluding hydrogens is 484 g/mol. The molecule has 4 aromatic carbocycles. The average molecular weight is 515 g/mol. The van der Waals surface area contributed by atoms with Gasteiger partial charge < -0.3 is 9.88 Å². The van der Waals surface area contributed by atoms with Gasteiger partial charge in [0.1, 0.15) is 0 Å². The number of hydrazone groups is 1. The van der Waals surface area contributed by atoms with Crippen LogP contribution < -0.4 is 10.7 Å². The van der Waals surface area contributed by atoms with E-state index in [1.165, 1.54) is 10.8 Å². The number of hydrogen-bond donors (Lipinski definition) is 2. The predicted octanol–water partition coefficient (Wildman–Crippen LogP) is 6.26. The molecular formula is C33H30N4O2. The molecule has 6 heteroatoms. The second-order valence-corrected chi connectivity index (χ2v) is 9.46. The highest BCUT2D eigenvalue weighted by Crippen LogP contribution is 2.27. The van der Waals surface area contributed by atoms with Crippen molar-refractivity contribution in [3.05, 3.63) is 137 Å². The van der Waals surface area contributed by atoms with Gasteiger partial charge in [-0.15, -0.1) is 0 Å². The maximum atomic E-state index is 12.9. The number of carbonyl (C=O) groups is 2. The zero-order valence-electron chi connectivity index (χ0n) is 22.0. The van der Waals surface area contributed by atoms with Crippen LogP contribution in [-0.2, 0) is 4.79 Å². The maximum Gasteiger partial charge on any atom is 0.251 e. The molecule has 0 radical (unpaired) electrons. The van der Waals surface area contributed by atoms with Gasteiger partial charge in [0.2, 0.25) is 5.91 Å². The van der Waals surface area contributed by atoms with Crippen molar-refractivity contribution < 1.29 is 9.59 Å². The molecule has 194 valence electrons. The van der Waals surface area contributed by atoms with Gasteiger partial charge in [-0.05, 0) is 49.1 Å². The van der Waals surface area contributed by atoms with E-state index < -0.39 is 6.04 Å². The summed E-state index contributed by atoms with van der Waals surface area (Å²) in [5.74, 6) is -0.530. The van der Waals surface area contributed by atoms with Crippen molar-refractivity contribution >= 4 is 28.8 Å². The Hall–Kier alpha value is -4.97. The van der Waals surface area contributed by atoms with E-state index in [-0.39, 0.29) is 18.2 Å². The Morgan fingerprint density at radius 3 is 2.28 bits per heavy atom. The molecule has 0 spiro atoms. The van der Waals surface area contributed by atoms with Crippen molar-refractivity contribution in [2.24, 2.45) is 5.10 Å². The van der Waals surface area contributed by atoms with Gasteiger partial charge in [-0.1, -0.05) is 84.9 Å². The van der Waals surface area contributed by atoms with E-state index in [9.17, 15) is 9.59 Å². The minimum absolute atomic E-state index is 0.0505. The van der Waals surface area contributed by atoms with Crippen molar-refractivity contribution in [1.29, 1.82) is 0 Å². The van der Waals surface area contributed by atoms with Crippen LogP contribution >= 0.6 is 0 Å². The van der Waals surface area contributed by atoms with Crippen LogP contribution in [0.4, 0.5) is 0 Å². The molecule has 0 bridgehead atoms. The van der Waals surface area contributed by atoms with E-state index in [1.54, 1.807) is 18.3 Å². The molecule has 0 aliphatic heterocycles. The van der Waals surface area contributed by atoms with Gasteiger partial charge in [-0.3, -0.25) is 9.59 Å². The van der Waals surface area contributed by atoms with Crippen LogP contribution in [0, 0.1) is 13.8 Å². The fourth-order valence-corrected chi connectivity index (χ4v) is 4.87. The number of aromatic nitrogens is 1. The van der Waals surface area contributed by atoms with Crippen molar-refractivity contribution in [2.75, 3.05) is 0 Å². The smallest absolute Gasteiger partial charge is 0.251 e. The molecule has 0 unspecified atom stereocenters. The molecule has 2 amide bonds. The van der Waals surface area contributed by atoms with Crippen LogP contribution in [0.1, 0.15) is 45.3 Å². The largest absolute Gasteiger partial charge is 0.345 e. The van der Waals surface area contributed by atoms with Crippen molar-refractivity contribution in [3.63, 3.8) is 0 Å². The molecule has 0 saturated carbocycles. The van der Waals surface area contributed by atoms with Gasteiger partial charge in [0.15, 0.2) is 0 Å². The minimum atomic E-state index is -0.495. The Balaban J connectivity index is 1.31. The molecule has 39 heavy (non-hydrogen) atoms. The molecule has 6 nitrogen and oxygen atoms in total. The number of benzene rings is 4. The molecule has 0 aliphatic rings. The average Bonchev–Trinajstić information content (AvgIpc) is 3.25. The van der Waals surface area contributed by atoms with Gasteiger partial charge in [-0.25, -0.2) is 5.43 Å². The lowest BCUT2D eigenvalue weighted by Gasteiger charge is -2.18. The van der Waals surface area contributed by atoms with Crippen LogP contribution in [0.2, 0.25) is 0 Å². The normalized spacial score (nSPS) is 11.9. The van der Waals surface area contributed by atoms with Crippen LogP contribution in [0.5, 0.6) is 0 Å². The summed E-state index contributed by atoms with van der Waals surface area (Å²) in [4.78, 5) is 25.7. The van der Waals surface area contributed by atoms with Crippen molar-refractivity contribution in [2.45, 2.75) is 26.3 Å². The number of carbonyl (C=O) groups excluding carboxylic acids is 2. The monoisotopic (exact) mass is 514 g/mol. The minimum Gasteiger partial charge on any atom is -0.345 e. The van der Waals surface area contributed by atoms with Crippen LogP contribution in [0.25, 0.3) is 16.5 Å². The van der Waals surface area contributed by atoms with E-state index in [0.29, 0.717) is 5.56 Å². The van der Waals surface area contributed by atoms with Gasteiger partial charge in [0.25, 0.3) is 5.91 Å². The maximum absolute atomic E-state index is 12.9. The zero-order valence-corrected chi connectivity index (χ0v) is 22.0. The SMILES string of the molecule is Cc1cc(/C=N\NC(=O)C[C@H](NC(=O)c2ccccc2)c2ccccc2)c(C)n1-c1cccc2ccccc12. The Labute approximate surface area is 228 Å². The third-order valence-corrected chi connectivity index (χ3v) is 6.80. The summed E-state index contributed by atoms with van der Waals surface area (Å²) in [5.41, 5.74) is 8.15. The second kappa shape index (κ2) is 11.6. The van der Waals surface area contributed by atoms with E-state index in [4.69, 9.17) is 0 Å². The summed E-state index contributed by atoms with van der Waals surface area (Å²) < 4.78 is 2.20. The number of amides is 2. The van der Waals surface area contributed by atoms with Crippen molar-refractivity contribution in [1.82, 2.24) is 15.3 Å². The molecule has 0 fully saturated rings. The van der Waals surface area contributed by atoms with E-state index >= 15 is 0 Å². The Morgan fingerprint density at radius 1 is 0.846 bits per heavy atom. The molecule has 2 N–H and O–H groups in total. The van der Waals surface area contributed by atoms with E-state index in [0.717, 1.165) is 28.2 Å². The molecule has 0 aliphatic carbocycles. The van der Waals surface area contributed by atoms with Gasteiger partial charge >= 0.3 is 0 Å². The summed E-state index contributed by atoms with van der Waals surface area (Å²) in [6.07, 6.45) is 1.72. The highest BCUT2D eigenvalue weighted by Gasteiger charge is 2.19. The quantitative estimate of drug-likeness (QED) is 0.189. The van der Waals surface area contributed by atoms with Crippen LogP contribution in [-0.4, -0.2) is 22.6 Å². The van der Waals surface area contributed by atoms with Gasteiger partial charge in [0, 0.05) is 27.9 Å². The summed E-state index contributed by atoms with van der Waals surface area (Å²) >= 11 is 0. The number of nitrogens with zero attached hydrogens (tertiary/aromatic N) is 2. The summed E-state index contributed by atoms with van der Waals surface area (Å²) in [6.45, 7) is 4.10. The Kier molecular flexibility index (Phi) is 7.64. The Bertz CT molecular complexity index is 1630. The first-order valence-corrected chi connectivity index (χ1v) is 12.9. The topological polar surface area (TPSA) is 75.5 Å². The van der Waals surface area contributed by atoms with Crippen molar-refractivity contribution in [3.8, 4) is 5.69 Å². The zero-order chi connectivity index (χ0) is 27.2. The molecule has 0 saturated heterocycles. The van der Waals surface area contributed by atoms with E-state index in [2.05, 4.69) is 63.7 Å².